The van der Waals surface area contributed by atoms with Crippen molar-refractivity contribution < 1.29 is 28.0 Å². The van der Waals surface area contributed by atoms with Gasteiger partial charge in [-0.1, -0.05) is 17.7 Å². The van der Waals surface area contributed by atoms with Gasteiger partial charge in [0.15, 0.2) is 0 Å². The largest absolute Gasteiger partial charge is 0.463 e. The highest BCUT2D eigenvalue weighted by Gasteiger charge is 2.34. The molecule has 31 heavy (non-hydrogen) atoms. The topological polar surface area (TPSA) is 102 Å². The van der Waals surface area contributed by atoms with E-state index in [0.29, 0.717) is 16.5 Å². The van der Waals surface area contributed by atoms with Crippen LogP contribution in [0.3, 0.4) is 0 Å². The predicted molar refractivity (Wildman–Crippen MR) is 111 cm³/mol. The molecule has 3 amide bonds. The van der Waals surface area contributed by atoms with Crippen LogP contribution in [0.5, 0.6) is 0 Å². The van der Waals surface area contributed by atoms with Gasteiger partial charge in [-0.3, -0.25) is 9.69 Å². The van der Waals surface area contributed by atoms with Gasteiger partial charge in [-0.05, 0) is 48.9 Å². The molecule has 1 aliphatic rings. The Balaban J connectivity index is 1.52. The smallest absolute Gasteiger partial charge is 0.373 e. The van der Waals surface area contributed by atoms with Crippen molar-refractivity contribution >= 4 is 35.6 Å². The lowest BCUT2D eigenvalue weighted by Gasteiger charge is -2.09. The van der Waals surface area contributed by atoms with Gasteiger partial charge in [0, 0.05) is 16.7 Å². The van der Waals surface area contributed by atoms with Gasteiger partial charge >= 0.3 is 12.0 Å². The molecule has 158 valence electrons. The molecule has 0 unspecified atom stereocenters. The van der Waals surface area contributed by atoms with Crippen molar-refractivity contribution in [2.75, 3.05) is 7.11 Å². The number of amides is 3. The van der Waals surface area contributed by atoms with Crippen LogP contribution in [0.2, 0.25) is 5.02 Å². The van der Waals surface area contributed by atoms with Crippen molar-refractivity contribution in [3.8, 4) is 11.3 Å². The third-order valence-electron chi connectivity index (χ3n) is 4.70. The summed E-state index contributed by atoms with van der Waals surface area (Å²) in [7, 11) is 1.23. The zero-order valence-electron chi connectivity index (χ0n) is 16.6. The molecular formula is C22H17ClN2O6. The van der Waals surface area contributed by atoms with Crippen LogP contribution < -0.4 is 5.32 Å². The summed E-state index contributed by atoms with van der Waals surface area (Å²) in [5, 5.41) is 3.10. The number of aryl methyl sites for hydroxylation is 1. The second-order valence-electron chi connectivity index (χ2n) is 6.80. The minimum Gasteiger partial charge on any atom is -0.463 e. The number of halogens is 1. The first-order valence-corrected chi connectivity index (χ1v) is 9.61. The van der Waals surface area contributed by atoms with E-state index in [-0.39, 0.29) is 23.8 Å². The summed E-state index contributed by atoms with van der Waals surface area (Å²) in [6.07, 6.45) is 1.45. The molecule has 0 aliphatic carbocycles. The number of urea groups is 1. The van der Waals surface area contributed by atoms with E-state index in [0.717, 1.165) is 16.0 Å². The van der Waals surface area contributed by atoms with E-state index in [2.05, 4.69) is 10.1 Å². The highest BCUT2D eigenvalue weighted by Crippen LogP contribution is 2.29. The second kappa shape index (κ2) is 8.16. The Hall–Kier alpha value is -3.78. The van der Waals surface area contributed by atoms with Crippen LogP contribution in [0, 0.1) is 6.92 Å². The van der Waals surface area contributed by atoms with Crippen LogP contribution in [0.25, 0.3) is 17.4 Å². The van der Waals surface area contributed by atoms with Gasteiger partial charge < -0.3 is 18.9 Å². The quantitative estimate of drug-likeness (QED) is 0.359. The number of benzene rings is 1. The van der Waals surface area contributed by atoms with Gasteiger partial charge in [0.05, 0.1) is 13.7 Å². The molecule has 0 radical (unpaired) electrons. The molecule has 1 N–H and O–H groups in total. The van der Waals surface area contributed by atoms with E-state index in [1.165, 1.54) is 25.3 Å². The first-order valence-electron chi connectivity index (χ1n) is 9.23. The summed E-state index contributed by atoms with van der Waals surface area (Å²) in [6, 6.07) is 11.2. The van der Waals surface area contributed by atoms with E-state index in [1.54, 1.807) is 24.3 Å². The van der Waals surface area contributed by atoms with Crippen LogP contribution in [-0.2, 0) is 16.1 Å². The molecule has 0 atom stereocenters. The number of imide groups is 1. The Labute approximate surface area is 182 Å². The van der Waals surface area contributed by atoms with Crippen LogP contribution in [0.15, 0.2) is 57.0 Å². The van der Waals surface area contributed by atoms with Gasteiger partial charge in [0.2, 0.25) is 5.76 Å². The summed E-state index contributed by atoms with van der Waals surface area (Å²) >= 11 is 6.07. The number of methoxy groups -OCH3 is 1. The molecule has 1 aromatic carbocycles. The fraction of sp³-hybridized carbons (Fsp3) is 0.136. The number of hydrogen-bond acceptors (Lipinski definition) is 6. The molecule has 3 heterocycles. The van der Waals surface area contributed by atoms with Gasteiger partial charge in [0.25, 0.3) is 5.91 Å². The Morgan fingerprint density at radius 1 is 1.16 bits per heavy atom. The Morgan fingerprint density at radius 2 is 1.97 bits per heavy atom. The van der Waals surface area contributed by atoms with Crippen molar-refractivity contribution in [2.24, 2.45) is 0 Å². The number of carbonyl (C=O) groups is 3. The van der Waals surface area contributed by atoms with E-state index >= 15 is 0 Å². The number of esters is 1. The monoisotopic (exact) mass is 440 g/mol. The molecule has 0 saturated carbocycles. The number of nitrogens with one attached hydrogen (secondary N) is 1. The summed E-state index contributed by atoms with van der Waals surface area (Å²) in [4.78, 5) is 37.4. The van der Waals surface area contributed by atoms with Crippen molar-refractivity contribution in [3.05, 3.63) is 76.0 Å². The molecule has 1 fully saturated rings. The average molecular weight is 441 g/mol. The first-order chi connectivity index (χ1) is 14.9. The summed E-state index contributed by atoms with van der Waals surface area (Å²) < 4.78 is 15.7. The number of carbonyl (C=O) groups excluding carboxylic acids is 3. The molecule has 4 rings (SSSR count). The lowest BCUT2D eigenvalue weighted by molar-refractivity contribution is -0.123. The lowest BCUT2D eigenvalue weighted by Crippen LogP contribution is -2.30. The van der Waals surface area contributed by atoms with Crippen molar-refractivity contribution in [3.63, 3.8) is 0 Å². The zero-order chi connectivity index (χ0) is 22.1. The van der Waals surface area contributed by atoms with E-state index in [1.807, 2.05) is 13.0 Å². The van der Waals surface area contributed by atoms with Crippen LogP contribution in [-0.4, -0.2) is 29.9 Å². The molecule has 0 bridgehead atoms. The number of ether oxygens (including phenoxy) is 1. The summed E-state index contributed by atoms with van der Waals surface area (Å²) in [6.45, 7) is 1.80. The molecule has 3 aromatic rings. The minimum atomic E-state index is -0.646. The number of furan rings is 2. The van der Waals surface area contributed by atoms with Gasteiger partial charge in [0.1, 0.15) is 23.0 Å². The Kier molecular flexibility index (Phi) is 5.39. The summed E-state index contributed by atoms with van der Waals surface area (Å²) in [5.41, 5.74) is 1.88. The zero-order valence-corrected chi connectivity index (χ0v) is 17.4. The van der Waals surface area contributed by atoms with Crippen molar-refractivity contribution in [1.29, 1.82) is 0 Å². The first kappa shape index (κ1) is 20.5. The Morgan fingerprint density at radius 3 is 2.74 bits per heavy atom. The minimum absolute atomic E-state index is 0.0141. The molecule has 8 nitrogen and oxygen atoms in total. The molecular weight excluding hydrogens is 424 g/mol. The fourth-order valence-corrected chi connectivity index (χ4v) is 3.29. The van der Waals surface area contributed by atoms with Gasteiger partial charge in [-0.2, -0.15) is 0 Å². The van der Waals surface area contributed by atoms with Crippen LogP contribution in [0.1, 0.15) is 27.6 Å². The average Bonchev–Trinajstić information content (AvgIpc) is 3.46. The third kappa shape index (κ3) is 4.10. The fourth-order valence-electron chi connectivity index (χ4n) is 3.12. The predicted octanol–water partition coefficient (Wildman–Crippen LogP) is 4.38. The van der Waals surface area contributed by atoms with Crippen molar-refractivity contribution in [1.82, 2.24) is 10.2 Å². The van der Waals surface area contributed by atoms with Crippen LogP contribution >= 0.6 is 11.6 Å². The molecule has 1 aliphatic heterocycles. The maximum absolute atomic E-state index is 12.7. The SMILES string of the molecule is COC(=O)c1ccc(CN2C(=O)NC(=Cc3ccc(-c4cc(Cl)ccc4C)o3)C2=O)o1. The molecule has 9 heteroatoms. The van der Waals surface area contributed by atoms with Gasteiger partial charge in [-0.25, -0.2) is 9.59 Å². The lowest BCUT2D eigenvalue weighted by atomic mass is 10.1. The standard InChI is InChI=1S/C22H17ClN2O6/c1-12-3-4-13(23)9-16(12)18-7-5-14(30-18)10-17-20(26)25(22(28)24-17)11-15-6-8-19(31-15)21(27)29-2/h3-10H,11H2,1-2H3,(H,24,28). The van der Waals surface area contributed by atoms with Crippen molar-refractivity contribution in [2.45, 2.75) is 13.5 Å². The number of hydrogen-bond donors (Lipinski definition) is 1. The van der Waals surface area contributed by atoms with Gasteiger partial charge in [-0.15, -0.1) is 0 Å². The number of rotatable bonds is 5. The maximum atomic E-state index is 12.7. The second-order valence-corrected chi connectivity index (χ2v) is 7.23. The Bertz CT molecular complexity index is 1220. The van der Waals surface area contributed by atoms with E-state index < -0.39 is 17.9 Å². The van der Waals surface area contributed by atoms with E-state index in [9.17, 15) is 14.4 Å². The van der Waals surface area contributed by atoms with Crippen LogP contribution in [0.4, 0.5) is 4.79 Å². The summed E-state index contributed by atoms with van der Waals surface area (Å²) in [5.74, 6) is 0.0457. The normalized spacial score (nSPS) is 14.9. The van der Waals surface area contributed by atoms with E-state index in [4.69, 9.17) is 20.4 Å². The third-order valence-corrected chi connectivity index (χ3v) is 4.94. The molecule has 2 aromatic heterocycles. The highest BCUT2D eigenvalue weighted by atomic mass is 35.5. The molecule has 0 spiro atoms. The number of nitrogens with zero attached hydrogens (tertiary/aromatic N) is 1. The maximum Gasteiger partial charge on any atom is 0.373 e. The molecule has 1 saturated heterocycles. The highest BCUT2D eigenvalue weighted by molar-refractivity contribution is 6.30.